The maximum Gasteiger partial charge on any atom is 0.231 e. The molecule has 3 rings (SSSR count). The normalized spacial score (nSPS) is 14.4. The van der Waals surface area contributed by atoms with Gasteiger partial charge < -0.3 is 26.7 Å². The van der Waals surface area contributed by atoms with Gasteiger partial charge in [0.25, 0.3) is 0 Å². The molecular formula is C14H15N3O2. The van der Waals surface area contributed by atoms with Gasteiger partial charge in [0.2, 0.25) is 6.79 Å². The van der Waals surface area contributed by atoms with Gasteiger partial charge in [-0.1, -0.05) is 6.07 Å². The molecule has 1 aliphatic rings. The van der Waals surface area contributed by atoms with Crippen LogP contribution in [0.2, 0.25) is 0 Å². The zero-order valence-corrected chi connectivity index (χ0v) is 10.3. The van der Waals surface area contributed by atoms with Crippen LogP contribution in [0.15, 0.2) is 36.4 Å². The SMILES string of the molecule is Nc1ccc(N)c(C(N)c2ccc3c(c2)OCO3)c1. The first kappa shape index (κ1) is 11.7. The van der Waals surface area contributed by atoms with E-state index in [1.165, 1.54) is 0 Å². The Kier molecular flexibility index (Phi) is 2.68. The predicted molar refractivity (Wildman–Crippen MR) is 73.9 cm³/mol. The molecule has 98 valence electrons. The lowest BCUT2D eigenvalue weighted by atomic mass is 9.97. The number of anilines is 2. The Bertz CT molecular complexity index is 628. The lowest BCUT2D eigenvalue weighted by molar-refractivity contribution is 0.174. The Morgan fingerprint density at radius 2 is 1.74 bits per heavy atom. The highest BCUT2D eigenvalue weighted by molar-refractivity contribution is 5.59. The minimum Gasteiger partial charge on any atom is -0.454 e. The summed E-state index contributed by atoms with van der Waals surface area (Å²) in [6.45, 7) is 0.244. The van der Waals surface area contributed by atoms with Crippen LogP contribution in [0.25, 0.3) is 0 Å². The Labute approximate surface area is 110 Å². The summed E-state index contributed by atoms with van der Waals surface area (Å²) in [5.41, 5.74) is 20.9. The van der Waals surface area contributed by atoms with Gasteiger partial charge in [-0.15, -0.1) is 0 Å². The molecule has 1 atom stereocenters. The van der Waals surface area contributed by atoms with Crippen molar-refractivity contribution in [3.05, 3.63) is 47.5 Å². The van der Waals surface area contributed by atoms with Crippen molar-refractivity contribution in [2.45, 2.75) is 6.04 Å². The van der Waals surface area contributed by atoms with Gasteiger partial charge in [-0.05, 0) is 41.5 Å². The number of rotatable bonds is 2. The number of ether oxygens (including phenoxy) is 2. The first-order chi connectivity index (χ1) is 9.15. The van der Waals surface area contributed by atoms with Crippen molar-refractivity contribution in [1.82, 2.24) is 0 Å². The van der Waals surface area contributed by atoms with Gasteiger partial charge in [-0.2, -0.15) is 0 Å². The van der Waals surface area contributed by atoms with E-state index in [4.69, 9.17) is 26.7 Å². The molecule has 0 aliphatic carbocycles. The van der Waals surface area contributed by atoms with Crippen LogP contribution in [-0.2, 0) is 0 Å². The third-order valence-electron chi connectivity index (χ3n) is 3.20. The van der Waals surface area contributed by atoms with Gasteiger partial charge in [-0.3, -0.25) is 0 Å². The third kappa shape index (κ3) is 2.04. The van der Waals surface area contributed by atoms with Crippen molar-refractivity contribution in [2.24, 2.45) is 5.73 Å². The largest absolute Gasteiger partial charge is 0.454 e. The van der Waals surface area contributed by atoms with Gasteiger partial charge in [0, 0.05) is 11.4 Å². The summed E-state index contributed by atoms with van der Waals surface area (Å²) in [7, 11) is 0. The fourth-order valence-electron chi connectivity index (χ4n) is 2.15. The predicted octanol–water partition coefficient (Wildman–Crippen LogP) is 1.63. The molecule has 5 heteroatoms. The molecule has 0 bridgehead atoms. The van der Waals surface area contributed by atoms with Crippen LogP contribution in [-0.4, -0.2) is 6.79 Å². The second kappa shape index (κ2) is 4.37. The molecule has 6 N–H and O–H groups in total. The molecule has 2 aromatic carbocycles. The van der Waals surface area contributed by atoms with Gasteiger partial charge >= 0.3 is 0 Å². The Hall–Kier alpha value is -2.40. The summed E-state index contributed by atoms with van der Waals surface area (Å²) in [5, 5.41) is 0. The van der Waals surface area contributed by atoms with Crippen molar-refractivity contribution in [2.75, 3.05) is 18.3 Å². The van der Waals surface area contributed by atoms with Crippen molar-refractivity contribution in [3.63, 3.8) is 0 Å². The number of nitrogen functional groups attached to an aromatic ring is 2. The molecule has 2 aromatic rings. The molecule has 0 aromatic heterocycles. The van der Waals surface area contributed by atoms with Crippen molar-refractivity contribution in [3.8, 4) is 11.5 Å². The second-order valence-corrected chi connectivity index (χ2v) is 4.48. The molecule has 0 fully saturated rings. The molecule has 1 heterocycles. The fourth-order valence-corrected chi connectivity index (χ4v) is 2.15. The molecule has 1 unspecified atom stereocenters. The van der Waals surface area contributed by atoms with Crippen LogP contribution in [0.4, 0.5) is 11.4 Å². The summed E-state index contributed by atoms with van der Waals surface area (Å²) in [6.07, 6.45) is 0. The van der Waals surface area contributed by atoms with E-state index in [1.807, 2.05) is 18.2 Å². The summed E-state index contributed by atoms with van der Waals surface area (Å²) < 4.78 is 10.6. The number of fused-ring (bicyclic) bond motifs is 1. The molecule has 5 nitrogen and oxygen atoms in total. The first-order valence-corrected chi connectivity index (χ1v) is 5.95. The number of hydrogen-bond acceptors (Lipinski definition) is 5. The van der Waals surface area contributed by atoms with E-state index < -0.39 is 0 Å². The quantitative estimate of drug-likeness (QED) is 0.710. The zero-order chi connectivity index (χ0) is 13.4. The first-order valence-electron chi connectivity index (χ1n) is 5.95. The van der Waals surface area contributed by atoms with Crippen LogP contribution in [0, 0.1) is 0 Å². The Balaban J connectivity index is 1.99. The number of benzene rings is 2. The summed E-state index contributed by atoms with van der Waals surface area (Å²) in [5.74, 6) is 1.44. The lowest BCUT2D eigenvalue weighted by Crippen LogP contribution is -2.14. The van der Waals surface area contributed by atoms with Crippen LogP contribution >= 0.6 is 0 Å². The van der Waals surface area contributed by atoms with Crippen LogP contribution in [0.3, 0.4) is 0 Å². The molecule has 0 saturated heterocycles. The Morgan fingerprint density at radius 3 is 2.58 bits per heavy atom. The van der Waals surface area contributed by atoms with Crippen molar-refractivity contribution in [1.29, 1.82) is 0 Å². The highest BCUT2D eigenvalue weighted by atomic mass is 16.7. The average molecular weight is 257 g/mol. The minimum atomic E-state index is -0.349. The highest BCUT2D eigenvalue weighted by Gasteiger charge is 2.18. The monoisotopic (exact) mass is 257 g/mol. The van der Waals surface area contributed by atoms with E-state index >= 15 is 0 Å². The van der Waals surface area contributed by atoms with Crippen molar-refractivity contribution >= 4 is 11.4 Å². The average Bonchev–Trinajstić information content (AvgIpc) is 2.88. The second-order valence-electron chi connectivity index (χ2n) is 4.48. The maximum absolute atomic E-state index is 6.25. The molecule has 1 aliphatic heterocycles. The Morgan fingerprint density at radius 1 is 0.947 bits per heavy atom. The fraction of sp³-hybridized carbons (Fsp3) is 0.143. The van der Waals surface area contributed by atoms with E-state index in [1.54, 1.807) is 18.2 Å². The van der Waals surface area contributed by atoms with Crippen LogP contribution in [0.1, 0.15) is 17.2 Å². The smallest absolute Gasteiger partial charge is 0.231 e. The van der Waals surface area contributed by atoms with E-state index in [-0.39, 0.29) is 12.8 Å². The molecule has 0 spiro atoms. The van der Waals surface area contributed by atoms with Gasteiger partial charge in [-0.25, -0.2) is 0 Å². The maximum atomic E-state index is 6.25. The standard InChI is InChI=1S/C14H15N3O2/c15-9-2-3-11(16)10(6-9)14(17)8-1-4-12-13(5-8)19-7-18-12/h1-6,14H,7,15-17H2. The molecular weight excluding hydrogens is 242 g/mol. The zero-order valence-electron chi connectivity index (χ0n) is 10.3. The summed E-state index contributed by atoms with van der Waals surface area (Å²) in [4.78, 5) is 0. The molecule has 0 amide bonds. The summed E-state index contributed by atoms with van der Waals surface area (Å²) in [6, 6.07) is 10.6. The lowest BCUT2D eigenvalue weighted by Gasteiger charge is -2.16. The van der Waals surface area contributed by atoms with E-state index in [0.29, 0.717) is 17.1 Å². The van der Waals surface area contributed by atoms with Gasteiger partial charge in [0.05, 0.1) is 6.04 Å². The third-order valence-corrected chi connectivity index (χ3v) is 3.20. The van der Waals surface area contributed by atoms with Crippen molar-refractivity contribution < 1.29 is 9.47 Å². The number of hydrogen-bond donors (Lipinski definition) is 3. The van der Waals surface area contributed by atoms with Gasteiger partial charge in [0.15, 0.2) is 11.5 Å². The number of nitrogens with two attached hydrogens (primary N) is 3. The van der Waals surface area contributed by atoms with E-state index in [9.17, 15) is 0 Å². The minimum absolute atomic E-state index is 0.244. The topological polar surface area (TPSA) is 96.5 Å². The van der Waals surface area contributed by atoms with Crippen LogP contribution in [0.5, 0.6) is 11.5 Å². The van der Waals surface area contributed by atoms with Gasteiger partial charge in [0.1, 0.15) is 0 Å². The molecule has 19 heavy (non-hydrogen) atoms. The summed E-state index contributed by atoms with van der Waals surface area (Å²) >= 11 is 0. The molecule has 0 saturated carbocycles. The van der Waals surface area contributed by atoms with E-state index in [2.05, 4.69) is 0 Å². The van der Waals surface area contributed by atoms with E-state index in [0.717, 1.165) is 16.9 Å². The highest BCUT2D eigenvalue weighted by Crippen LogP contribution is 2.36. The van der Waals surface area contributed by atoms with Crippen LogP contribution < -0.4 is 26.7 Å². The molecule has 0 radical (unpaired) electrons.